The van der Waals surface area contributed by atoms with E-state index in [2.05, 4.69) is 0 Å². The Labute approximate surface area is 331 Å². The number of nitro groups is 3. The quantitative estimate of drug-likeness (QED) is 0.0536. The van der Waals surface area contributed by atoms with Crippen LogP contribution in [0.1, 0.15) is 36.5 Å². The highest BCUT2D eigenvalue weighted by molar-refractivity contribution is 8.14. The molecule has 22 heteroatoms. The van der Waals surface area contributed by atoms with Crippen molar-refractivity contribution in [3.63, 3.8) is 0 Å². The minimum absolute atomic E-state index is 0.111. The number of carbonyl (C=O) groups excluding carboxylic acids is 6. The standard InChI is InChI=1S/C36H33N5O16S/c1-21(57-36(47)56-20-24-6-12-27(13-7-24)41(52)53)31-29(38(32(31)43)33(44)34(45)54-18-22-2-8-25(9-3-22)39(48)49)16-30(42)58-28-14-15-37(17-28)35(46)55-19-23-4-10-26(11-5-23)40(50)51/h2-13,21,28-29,31H,14-20H2,1H3/t21-,28+,29-,31-/m1/s1. The number of hydrogen-bond donors (Lipinski definition) is 0. The maximum absolute atomic E-state index is 13.4. The van der Waals surface area contributed by atoms with Crippen LogP contribution in [0, 0.1) is 36.3 Å². The third-order valence-electron chi connectivity index (χ3n) is 9.06. The molecule has 2 saturated heterocycles. The largest absolute Gasteiger partial charge is 0.508 e. The molecule has 2 aliphatic heterocycles. The third kappa shape index (κ3) is 10.7. The lowest BCUT2D eigenvalue weighted by Crippen LogP contribution is -2.68. The summed E-state index contributed by atoms with van der Waals surface area (Å²) < 4.78 is 20.7. The number of ether oxygens (including phenoxy) is 4. The molecule has 5 rings (SSSR count). The van der Waals surface area contributed by atoms with E-state index in [0.717, 1.165) is 11.8 Å². The van der Waals surface area contributed by atoms with E-state index in [1.54, 1.807) is 0 Å². The molecule has 304 valence electrons. The lowest BCUT2D eigenvalue weighted by atomic mass is 9.81. The Balaban J connectivity index is 1.19. The lowest BCUT2D eigenvalue weighted by Gasteiger charge is -2.46. The first-order valence-electron chi connectivity index (χ1n) is 17.3. The van der Waals surface area contributed by atoms with Gasteiger partial charge in [-0.1, -0.05) is 11.8 Å². The van der Waals surface area contributed by atoms with Gasteiger partial charge in [-0.3, -0.25) is 49.6 Å². The average molecular weight is 824 g/mol. The number of rotatable bonds is 14. The Morgan fingerprint density at radius 2 is 1.21 bits per heavy atom. The minimum Gasteiger partial charge on any atom is -0.454 e. The van der Waals surface area contributed by atoms with Gasteiger partial charge in [-0.05, 0) is 66.4 Å². The van der Waals surface area contributed by atoms with Crippen LogP contribution >= 0.6 is 11.8 Å². The van der Waals surface area contributed by atoms with Crippen molar-refractivity contribution in [2.45, 2.75) is 57.0 Å². The highest BCUT2D eigenvalue weighted by Gasteiger charge is 2.56. The first-order chi connectivity index (χ1) is 27.6. The second kappa shape index (κ2) is 18.8. The van der Waals surface area contributed by atoms with Crippen LogP contribution in [0.2, 0.25) is 0 Å². The van der Waals surface area contributed by atoms with Gasteiger partial charge in [-0.2, -0.15) is 0 Å². The van der Waals surface area contributed by atoms with Crippen LogP contribution in [-0.2, 0) is 57.9 Å². The fourth-order valence-corrected chi connectivity index (χ4v) is 7.15. The molecule has 0 aromatic heterocycles. The van der Waals surface area contributed by atoms with E-state index in [1.165, 1.54) is 84.6 Å². The Kier molecular flexibility index (Phi) is 13.7. The Bertz CT molecular complexity index is 2100. The predicted octanol–water partition coefficient (Wildman–Crippen LogP) is 4.61. The van der Waals surface area contributed by atoms with Crippen molar-refractivity contribution in [3.8, 4) is 0 Å². The summed E-state index contributed by atoms with van der Waals surface area (Å²) in [6.45, 7) is 0.724. The molecule has 21 nitrogen and oxygen atoms in total. The molecule has 2 fully saturated rings. The first-order valence-corrected chi connectivity index (χ1v) is 18.2. The van der Waals surface area contributed by atoms with Crippen LogP contribution in [0.25, 0.3) is 0 Å². The SMILES string of the molecule is C[C@@H](OC(=O)OCc1ccc([N+](=O)[O-])cc1)[C@H]1C(=O)N(C(=O)C(=O)OCc2ccc([N+](=O)[O-])cc2)[C@@H]1CC(=O)S[C@H]1CCN(C(=O)OCc2ccc([N+](=O)[O-])cc2)C1. The molecule has 0 saturated carbocycles. The molecule has 3 amide bonds. The minimum atomic E-state index is -1.45. The molecule has 3 aromatic rings. The van der Waals surface area contributed by atoms with Gasteiger partial charge in [0.2, 0.25) is 5.91 Å². The summed E-state index contributed by atoms with van der Waals surface area (Å²) in [5, 5.41) is 31.8. The molecule has 0 spiro atoms. The smallest absolute Gasteiger partial charge is 0.454 e. The second-order valence-electron chi connectivity index (χ2n) is 12.9. The van der Waals surface area contributed by atoms with Gasteiger partial charge in [0.25, 0.3) is 17.1 Å². The van der Waals surface area contributed by atoms with Crippen LogP contribution in [0.15, 0.2) is 72.8 Å². The van der Waals surface area contributed by atoms with Crippen LogP contribution in [0.4, 0.5) is 26.7 Å². The van der Waals surface area contributed by atoms with Gasteiger partial charge in [0, 0.05) is 61.2 Å². The van der Waals surface area contributed by atoms with Gasteiger partial charge >= 0.3 is 24.1 Å². The zero-order chi connectivity index (χ0) is 42.1. The van der Waals surface area contributed by atoms with Gasteiger partial charge in [-0.25, -0.2) is 14.4 Å². The van der Waals surface area contributed by atoms with Crippen molar-refractivity contribution in [1.82, 2.24) is 9.80 Å². The number of imide groups is 1. The average Bonchev–Trinajstić information content (AvgIpc) is 3.66. The highest BCUT2D eigenvalue weighted by atomic mass is 32.2. The molecule has 0 bridgehead atoms. The van der Waals surface area contributed by atoms with E-state index < -0.39 is 86.3 Å². The molecular formula is C36H33N5O16S. The number of nitro benzene ring substituents is 3. The molecule has 2 heterocycles. The van der Waals surface area contributed by atoms with Crippen molar-refractivity contribution in [2.24, 2.45) is 5.92 Å². The number of esters is 1. The van der Waals surface area contributed by atoms with Gasteiger partial charge in [-0.15, -0.1) is 0 Å². The number of thioether (sulfide) groups is 1. The number of likely N-dealkylation sites (tertiary alicyclic amines) is 2. The number of β-lactam (4-membered cyclic amide) rings is 1. The summed E-state index contributed by atoms with van der Waals surface area (Å²) >= 11 is 0.855. The summed E-state index contributed by atoms with van der Waals surface area (Å²) in [4.78, 5) is 111. The van der Waals surface area contributed by atoms with Crippen LogP contribution in [0.3, 0.4) is 0 Å². The van der Waals surface area contributed by atoms with Crippen LogP contribution in [0.5, 0.6) is 0 Å². The maximum atomic E-state index is 13.4. The van der Waals surface area contributed by atoms with E-state index in [1.807, 2.05) is 0 Å². The second-order valence-corrected chi connectivity index (χ2v) is 14.3. The molecule has 0 radical (unpaired) electrons. The summed E-state index contributed by atoms with van der Waals surface area (Å²) in [5.41, 5.74) is 0.700. The van der Waals surface area contributed by atoms with Crippen molar-refractivity contribution >= 4 is 64.0 Å². The van der Waals surface area contributed by atoms with Gasteiger partial charge in [0.05, 0.1) is 26.7 Å². The molecule has 3 aromatic carbocycles. The number of benzene rings is 3. The van der Waals surface area contributed by atoms with Crippen molar-refractivity contribution < 1.29 is 62.5 Å². The monoisotopic (exact) mass is 823 g/mol. The Morgan fingerprint density at radius 3 is 1.69 bits per heavy atom. The predicted molar refractivity (Wildman–Crippen MR) is 196 cm³/mol. The summed E-state index contributed by atoms with van der Waals surface area (Å²) in [7, 11) is 0. The molecular weight excluding hydrogens is 790 g/mol. The van der Waals surface area contributed by atoms with Crippen molar-refractivity contribution in [3.05, 3.63) is 120 Å². The van der Waals surface area contributed by atoms with E-state index in [0.29, 0.717) is 28.0 Å². The highest BCUT2D eigenvalue weighted by Crippen LogP contribution is 2.36. The molecule has 4 atom stereocenters. The number of carbonyl (C=O) groups is 6. The molecule has 58 heavy (non-hydrogen) atoms. The number of non-ortho nitro benzene ring substituents is 3. The zero-order valence-corrected chi connectivity index (χ0v) is 31.2. The molecule has 0 aliphatic carbocycles. The van der Waals surface area contributed by atoms with Gasteiger partial charge in [0.1, 0.15) is 25.9 Å². The third-order valence-corrected chi connectivity index (χ3v) is 10.2. The topological polar surface area (TPSA) is 275 Å². The first kappa shape index (κ1) is 42.2. The normalized spacial score (nSPS) is 17.7. The van der Waals surface area contributed by atoms with E-state index in [4.69, 9.17) is 18.9 Å². The summed E-state index contributed by atoms with van der Waals surface area (Å²) in [5.74, 6) is -5.08. The van der Waals surface area contributed by atoms with E-state index >= 15 is 0 Å². The molecule has 0 N–H and O–H groups in total. The zero-order valence-electron chi connectivity index (χ0n) is 30.4. The fraction of sp³-hybridized carbons (Fsp3) is 0.333. The van der Waals surface area contributed by atoms with Crippen LogP contribution in [-0.4, -0.2) is 90.2 Å². The number of hydrogen-bond acceptors (Lipinski definition) is 17. The molecule has 2 aliphatic rings. The molecule has 0 unspecified atom stereocenters. The Hall–Kier alpha value is -6.97. The van der Waals surface area contributed by atoms with Gasteiger partial charge < -0.3 is 23.8 Å². The Morgan fingerprint density at radius 1 is 0.741 bits per heavy atom. The van der Waals surface area contributed by atoms with Crippen LogP contribution < -0.4 is 0 Å². The van der Waals surface area contributed by atoms with Crippen molar-refractivity contribution in [2.75, 3.05) is 13.1 Å². The maximum Gasteiger partial charge on any atom is 0.508 e. The fourth-order valence-electron chi connectivity index (χ4n) is 6.03. The van der Waals surface area contributed by atoms with E-state index in [-0.39, 0.29) is 43.4 Å². The van der Waals surface area contributed by atoms with Gasteiger partial charge in [0.15, 0.2) is 5.12 Å². The lowest BCUT2D eigenvalue weighted by molar-refractivity contribution is -0.385. The summed E-state index contributed by atoms with van der Waals surface area (Å²) in [6.07, 6.45) is -3.26. The number of amides is 3. The van der Waals surface area contributed by atoms with E-state index in [9.17, 15) is 59.1 Å². The van der Waals surface area contributed by atoms with Crippen molar-refractivity contribution in [1.29, 1.82) is 0 Å². The number of nitrogens with zero attached hydrogens (tertiary/aromatic N) is 5. The summed E-state index contributed by atoms with van der Waals surface area (Å²) in [6, 6.07) is 14.3.